The molecule has 3 N–H and O–H groups in total. The summed E-state index contributed by atoms with van der Waals surface area (Å²) >= 11 is 0. The Labute approximate surface area is 197 Å². The minimum absolute atomic E-state index is 0.0378. The lowest BCUT2D eigenvalue weighted by atomic mass is 10.1. The van der Waals surface area contributed by atoms with Crippen molar-refractivity contribution in [3.63, 3.8) is 0 Å². The average Bonchev–Trinajstić information content (AvgIpc) is 2.86. The van der Waals surface area contributed by atoms with Crippen LogP contribution in [0.1, 0.15) is 5.69 Å². The second-order valence-corrected chi connectivity index (χ2v) is 8.84. The number of benzene rings is 2. The normalized spacial score (nSPS) is 12.2. The Morgan fingerprint density at radius 2 is 1.88 bits per heavy atom. The SMILES string of the molecule is CN=CC(=CN)c1cnc2ccc(-c3cncc(NS(=O)(=O)c4ccccc4OC)c3)cc2n1. The van der Waals surface area contributed by atoms with E-state index in [4.69, 9.17) is 10.5 Å². The van der Waals surface area contributed by atoms with E-state index >= 15 is 0 Å². The standard InChI is InChI=1S/C24H22N6O3S/c1-26-12-18(11-25)22-15-28-20-8-7-16(10-21(20)29-22)17-9-19(14-27-13-17)30-34(31,32)24-6-4-3-5-23(24)33-2/h3-15,30H,25H2,1-2H3. The number of methoxy groups -OCH3 is 1. The Balaban J connectivity index is 1.69. The van der Waals surface area contributed by atoms with E-state index in [1.165, 1.54) is 25.6 Å². The molecule has 0 fully saturated rings. The molecule has 0 saturated heterocycles. The number of para-hydroxylation sites is 1. The number of rotatable bonds is 7. The number of aromatic nitrogens is 3. The lowest BCUT2D eigenvalue weighted by molar-refractivity contribution is 0.403. The van der Waals surface area contributed by atoms with Gasteiger partial charge >= 0.3 is 0 Å². The van der Waals surface area contributed by atoms with E-state index in [9.17, 15) is 8.42 Å². The number of pyridine rings is 1. The molecule has 0 amide bonds. The van der Waals surface area contributed by atoms with Gasteiger partial charge in [0.1, 0.15) is 10.6 Å². The maximum absolute atomic E-state index is 12.9. The van der Waals surface area contributed by atoms with Gasteiger partial charge in [-0.15, -0.1) is 0 Å². The topological polar surface area (TPSA) is 132 Å². The summed E-state index contributed by atoms with van der Waals surface area (Å²) in [5.41, 5.74) is 10.1. The highest BCUT2D eigenvalue weighted by molar-refractivity contribution is 7.92. The van der Waals surface area contributed by atoms with Crippen LogP contribution in [0.15, 0.2) is 83.2 Å². The van der Waals surface area contributed by atoms with Crippen molar-refractivity contribution in [2.45, 2.75) is 4.90 Å². The minimum atomic E-state index is -3.88. The molecule has 2 aromatic heterocycles. The van der Waals surface area contributed by atoms with Gasteiger partial charge in [-0.2, -0.15) is 0 Å². The maximum Gasteiger partial charge on any atom is 0.265 e. The van der Waals surface area contributed by atoms with E-state index in [0.717, 1.165) is 5.56 Å². The monoisotopic (exact) mass is 474 g/mol. The van der Waals surface area contributed by atoms with E-state index in [2.05, 4.69) is 24.7 Å². The lowest BCUT2D eigenvalue weighted by Crippen LogP contribution is -2.14. The average molecular weight is 475 g/mol. The number of sulfonamides is 1. The molecule has 0 aliphatic carbocycles. The molecule has 0 aliphatic rings. The molecule has 4 aromatic rings. The third-order valence-corrected chi connectivity index (χ3v) is 6.39. The Morgan fingerprint density at radius 1 is 1.06 bits per heavy atom. The first kappa shape index (κ1) is 22.9. The number of nitrogens with two attached hydrogens (primary N) is 1. The van der Waals surface area contributed by atoms with Crippen molar-refractivity contribution in [3.05, 3.63) is 79.0 Å². The molecule has 34 heavy (non-hydrogen) atoms. The fourth-order valence-electron chi connectivity index (χ4n) is 3.37. The van der Waals surface area contributed by atoms with Crippen molar-refractivity contribution in [3.8, 4) is 16.9 Å². The Bertz CT molecular complexity index is 1520. The molecule has 0 aliphatic heterocycles. The van der Waals surface area contributed by atoms with Crippen molar-refractivity contribution in [2.24, 2.45) is 10.7 Å². The Hall–Kier alpha value is -4.31. The highest BCUT2D eigenvalue weighted by atomic mass is 32.2. The molecule has 10 heteroatoms. The van der Waals surface area contributed by atoms with E-state index in [0.29, 0.717) is 33.6 Å². The fourth-order valence-corrected chi connectivity index (χ4v) is 4.57. The van der Waals surface area contributed by atoms with Crippen LogP contribution in [-0.2, 0) is 10.0 Å². The first-order chi connectivity index (χ1) is 16.4. The van der Waals surface area contributed by atoms with Gasteiger partial charge in [-0.1, -0.05) is 18.2 Å². The molecule has 2 aromatic carbocycles. The van der Waals surface area contributed by atoms with Crippen molar-refractivity contribution in [1.29, 1.82) is 0 Å². The van der Waals surface area contributed by atoms with Crippen LogP contribution in [0.5, 0.6) is 5.75 Å². The van der Waals surface area contributed by atoms with Gasteiger partial charge in [0.05, 0.1) is 41.9 Å². The summed E-state index contributed by atoms with van der Waals surface area (Å²) < 4.78 is 33.6. The number of anilines is 1. The second-order valence-electron chi connectivity index (χ2n) is 7.19. The zero-order valence-electron chi connectivity index (χ0n) is 18.5. The summed E-state index contributed by atoms with van der Waals surface area (Å²) in [5.74, 6) is 0.252. The van der Waals surface area contributed by atoms with E-state index in [-0.39, 0.29) is 10.6 Å². The summed E-state index contributed by atoms with van der Waals surface area (Å²) in [6.07, 6.45) is 7.76. The fraction of sp³-hybridized carbons (Fsp3) is 0.0833. The molecule has 0 atom stereocenters. The highest BCUT2D eigenvalue weighted by Gasteiger charge is 2.19. The summed E-state index contributed by atoms with van der Waals surface area (Å²) in [6, 6.07) is 13.7. The number of nitrogens with one attached hydrogen (secondary N) is 1. The van der Waals surface area contributed by atoms with E-state index in [1.54, 1.807) is 49.9 Å². The highest BCUT2D eigenvalue weighted by Crippen LogP contribution is 2.28. The van der Waals surface area contributed by atoms with Gasteiger partial charge < -0.3 is 10.5 Å². The number of nitrogens with zero attached hydrogens (tertiary/aromatic N) is 4. The second kappa shape index (κ2) is 9.67. The molecule has 0 unspecified atom stereocenters. The first-order valence-corrected chi connectivity index (χ1v) is 11.7. The Morgan fingerprint density at radius 3 is 2.65 bits per heavy atom. The smallest absolute Gasteiger partial charge is 0.265 e. The molecule has 0 spiro atoms. The number of aliphatic imine (C=N–C) groups is 1. The lowest BCUT2D eigenvalue weighted by Gasteiger charge is -2.12. The largest absolute Gasteiger partial charge is 0.495 e. The van der Waals surface area contributed by atoms with Crippen molar-refractivity contribution in [1.82, 2.24) is 15.0 Å². The number of allylic oxidation sites excluding steroid dienone is 1. The van der Waals surface area contributed by atoms with Gasteiger partial charge in [-0.3, -0.25) is 19.7 Å². The van der Waals surface area contributed by atoms with E-state index in [1.807, 2.05) is 18.2 Å². The zero-order chi connectivity index (χ0) is 24.1. The third kappa shape index (κ3) is 4.71. The molecular weight excluding hydrogens is 452 g/mol. The number of ether oxygens (including phenoxy) is 1. The van der Waals surface area contributed by atoms with Crippen molar-refractivity contribution >= 4 is 38.5 Å². The molecule has 9 nitrogen and oxygen atoms in total. The molecular formula is C24H22N6O3S. The molecule has 0 radical (unpaired) electrons. The predicted octanol–water partition coefficient (Wildman–Crippen LogP) is 3.50. The van der Waals surface area contributed by atoms with E-state index < -0.39 is 10.0 Å². The van der Waals surface area contributed by atoms with Gasteiger partial charge in [-0.25, -0.2) is 13.4 Å². The zero-order valence-corrected chi connectivity index (χ0v) is 19.3. The number of hydrogen-bond donors (Lipinski definition) is 2. The van der Waals surface area contributed by atoms with Crippen LogP contribution in [0.25, 0.3) is 27.7 Å². The molecule has 2 heterocycles. The van der Waals surface area contributed by atoms with Crippen molar-refractivity contribution in [2.75, 3.05) is 18.9 Å². The quantitative estimate of drug-likeness (QED) is 0.392. The van der Waals surface area contributed by atoms with Crippen molar-refractivity contribution < 1.29 is 13.2 Å². The van der Waals surface area contributed by atoms with Gasteiger partial charge in [0.2, 0.25) is 0 Å². The van der Waals surface area contributed by atoms with Gasteiger partial charge in [0.15, 0.2) is 0 Å². The molecule has 4 rings (SSSR count). The van der Waals surface area contributed by atoms with Crippen LogP contribution in [0.4, 0.5) is 5.69 Å². The predicted molar refractivity (Wildman–Crippen MR) is 133 cm³/mol. The summed E-state index contributed by atoms with van der Waals surface area (Å²) in [5, 5.41) is 0. The van der Waals surface area contributed by atoms with Crippen LogP contribution < -0.4 is 15.2 Å². The molecule has 0 bridgehead atoms. The van der Waals surface area contributed by atoms with Gasteiger partial charge in [0, 0.05) is 36.8 Å². The van der Waals surface area contributed by atoms with Gasteiger partial charge in [-0.05, 0) is 35.9 Å². The number of hydrogen-bond acceptors (Lipinski definition) is 8. The Kier molecular flexibility index (Phi) is 6.51. The van der Waals surface area contributed by atoms with Crippen LogP contribution >= 0.6 is 0 Å². The molecule has 0 saturated carbocycles. The minimum Gasteiger partial charge on any atom is -0.495 e. The number of fused-ring (bicyclic) bond motifs is 1. The van der Waals surface area contributed by atoms with Gasteiger partial charge in [0.25, 0.3) is 10.0 Å². The summed E-state index contributed by atoms with van der Waals surface area (Å²) in [4.78, 5) is 17.3. The van der Waals surface area contributed by atoms with Crippen LogP contribution in [0, 0.1) is 0 Å². The maximum atomic E-state index is 12.9. The third-order valence-electron chi connectivity index (χ3n) is 4.97. The van der Waals surface area contributed by atoms with Crippen LogP contribution in [0.2, 0.25) is 0 Å². The first-order valence-electron chi connectivity index (χ1n) is 10.2. The molecule has 172 valence electrons. The van der Waals surface area contributed by atoms with Crippen LogP contribution in [-0.4, -0.2) is 43.7 Å². The van der Waals surface area contributed by atoms with Crippen LogP contribution in [0.3, 0.4) is 0 Å². The summed E-state index contributed by atoms with van der Waals surface area (Å²) in [7, 11) is -0.808. The summed E-state index contributed by atoms with van der Waals surface area (Å²) in [6.45, 7) is 0.